The molecule has 2 heterocycles. The summed E-state index contributed by atoms with van der Waals surface area (Å²) in [6.07, 6.45) is 0.434. The van der Waals surface area contributed by atoms with Gasteiger partial charge in [-0.1, -0.05) is 78.9 Å². The molecule has 5 rings (SSSR count). The number of fused-ring (bicyclic) bond motifs is 2. The molecule has 3 N–H and O–H groups in total. The van der Waals surface area contributed by atoms with Crippen LogP contribution < -0.4 is 20.9 Å². The summed E-state index contributed by atoms with van der Waals surface area (Å²) >= 11 is 0. The van der Waals surface area contributed by atoms with Crippen LogP contribution in [0.1, 0.15) is 64.2 Å². The van der Waals surface area contributed by atoms with Crippen LogP contribution in [0.3, 0.4) is 0 Å². The number of para-hydroxylation sites is 1. The molecular weight excluding hydrogens is 636 g/mol. The van der Waals surface area contributed by atoms with E-state index in [-0.39, 0.29) is 19.8 Å². The summed E-state index contributed by atoms with van der Waals surface area (Å²) in [7, 11) is 0. The molecule has 0 aromatic heterocycles. The number of nitrogens with zero attached hydrogens (tertiary/aromatic N) is 1. The predicted molar refractivity (Wildman–Crippen MR) is 189 cm³/mol. The minimum Gasteiger partial charge on any atom is -0.459 e. The molecule has 1 unspecified atom stereocenters. The molecule has 1 spiro atoms. The van der Waals surface area contributed by atoms with Gasteiger partial charge < -0.3 is 30.2 Å². The molecule has 1 saturated heterocycles. The van der Waals surface area contributed by atoms with Gasteiger partial charge in [-0.15, -0.1) is 0 Å². The first kappa shape index (κ1) is 36.5. The standard InChI is InChI=1S/C39H48N4O7/c1-37(2,3)50-36(47)42-38(4,5)35(46)41-30(26-48-24-27-14-8-6-9-15-27)33(44)43-31-19-13-12-18-29(31)39(20-22-40-23-21-39)32(43)34(45)49-25-28-16-10-7-11-17-28/h6-19,30,32,40H,20-26H2,1-5H3,(H,41,46)(H,42,47)/t30?,32-/m0/s1. The third-order valence-corrected chi connectivity index (χ3v) is 9.04. The monoisotopic (exact) mass is 684 g/mol. The normalized spacial score (nSPS) is 17.4. The van der Waals surface area contributed by atoms with Crippen LogP contribution in [-0.2, 0) is 47.2 Å². The SMILES string of the molecule is CC(C)(C)OC(=O)NC(C)(C)C(=O)NC(COCc1ccccc1)C(=O)N1c2ccccc2C2(CCNCC2)[C@@H]1C(=O)OCc1ccccc1. The van der Waals surface area contributed by atoms with Crippen molar-refractivity contribution in [1.29, 1.82) is 0 Å². The predicted octanol–water partition coefficient (Wildman–Crippen LogP) is 4.77. The topological polar surface area (TPSA) is 135 Å². The Kier molecular flexibility index (Phi) is 11.3. The van der Waals surface area contributed by atoms with Crippen LogP contribution >= 0.6 is 0 Å². The zero-order valence-electron chi connectivity index (χ0n) is 29.5. The van der Waals surface area contributed by atoms with Crippen LogP contribution in [0.4, 0.5) is 10.5 Å². The molecule has 0 aliphatic carbocycles. The van der Waals surface area contributed by atoms with Crippen LogP contribution in [0, 0.1) is 0 Å². The second-order valence-electron chi connectivity index (χ2n) is 14.4. The summed E-state index contributed by atoms with van der Waals surface area (Å²) in [4.78, 5) is 57.2. The van der Waals surface area contributed by atoms with Gasteiger partial charge in [-0.3, -0.25) is 14.5 Å². The third kappa shape index (κ3) is 8.51. The van der Waals surface area contributed by atoms with E-state index < -0.39 is 52.5 Å². The average Bonchev–Trinajstić information content (AvgIpc) is 3.35. The van der Waals surface area contributed by atoms with E-state index in [4.69, 9.17) is 14.2 Å². The molecule has 1 fully saturated rings. The van der Waals surface area contributed by atoms with Crippen LogP contribution in [0.25, 0.3) is 0 Å². The van der Waals surface area contributed by atoms with Crippen LogP contribution in [-0.4, -0.2) is 66.8 Å². The first-order chi connectivity index (χ1) is 23.8. The van der Waals surface area contributed by atoms with E-state index in [1.807, 2.05) is 84.9 Å². The molecule has 0 bridgehead atoms. The Bertz CT molecular complexity index is 1650. The fourth-order valence-corrected chi connectivity index (χ4v) is 6.60. The van der Waals surface area contributed by atoms with Gasteiger partial charge in [0.2, 0.25) is 5.91 Å². The number of esters is 1. The first-order valence-electron chi connectivity index (χ1n) is 17.1. The Morgan fingerprint density at radius 2 is 1.42 bits per heavy atom. The van der Waals surface area contributed by atoms with Gasteiger partial charge in [-0.25, -0.2) is 9.59 Å². The number of benzene rings is 3. The number of hydrogen-bond acceptors (Lipinski definition) is 8. The fourth-order valence-electron chi connectivity index (χ4n) is 6.60. The molecule has 3 amide bonds. The Hall–Kier alpha value is -4.74. The van der Waals surface area contributed by atoms with Crippen molar-refractivity contribution in [2.75, 3.05) is 24.6 Å². The van der Waals surface area contributed by atoms with Gasteiger partial charge in [0.15, 0.2) is 0 Å². The molecular formula is C39H48N4O7. The number of piperidine rings is 1. The molecule has 2 atom stereocenters. The smallest absolute Gasteiger partial charge is 0.408 e. The zero-order valence-corrected chi connectivity index (χ0v) is 29.5. The Labute approximate surface area is 294 Å². The summed E-state index contributed by atoms with van der Waals surface area (Å²) < 4.78 is 17.4. The Morgan fingerprint density at radius 3 is 2.04 bits per heavy atom. The minimum absolute atomic E-state index is 0.0494. The van der Waals surface area contributed by atoms with Crippen molar-refractivity contribution in [3.8, 4) is 0 Å². The number of alkyl carbamates (subject to hydrolysis) is 1. The molecule has 266 valence electrons. The summed E-state index contributed by atoms with van der Waals surface area (Å²) in [5.74, 6) is -1.68. The van der Waals surface area contributed by atoms with Crippen molar-refractivity contribution >= 4 is 29.6 Å². The zero-order chi connectivity index (χ0) is 35.9. The highest BCUT2D eigenvalue weighted by molar-refractivity contribution is 6.07. The maximum atomic E-state index is 14.9. The molecule has 2 aliphatic rings. The number of nitrogens with one attached hydrogen (secondary N) is 3. The molecule has 3 aromatic carbocycles. The lowest BCUT2D eigenvalue weighted by Crippen LogP contribution is -2.63. The van der Waals surface area contributed by atoms with Crippen molar-refractivity contribution in [1.82, 2.24) is 16.0 Å². The number of carbonyl (C=O) groups is 4. The average molecular weight is 685 g/mol. The Balaban J connectivity index is 1.47. The summed E-state index contributed by atoms with van der Waals surface area (Å²) in [6.45, 7) is 9.58. The van der Waals surface area contributed by atoms with Crippen molar-refractivity contribution in [3.63, 3.8) is 0 Å². The van der Waals surface area contributed by atoms with E-state index in [0.717, 1.165) is 16.7 Å². The van der Waals surface area contributed by atoms with E-state index >= 15 is 0 Å². The lowest BCUT2D eigenvalue weighted by atomic mass is 9.70. The highest BCUT2D eigenvalue weighted by Gasteiger charge is 2.58. The maximum absolute atomic E-state index is 14.9. The fraction of sp³-hybridized carbons (Fsp3) is 0.436. The van der Waals surface area contributed by atoms with Gasteiger partial charge >= 0.3 is 12.1 Å². The molecule has 0 radical (unpaired) electrons. The molecule has 3 aromatic rings. The quantitative estimate of drug-likeness (QED) is 0.246. The number of amides is 3. The molecule has 11 heteroatoms. The van der Waals surface area contributed by atoms with E-state index in [9.17, 15) is 19.2 Å². The number of rotatable bonds is 11. The second kappa shape index (κ2) is 15.4. The Morgan fingerprint density at radius 1 is 0.840 bits per heavy atom. The molecule has 2 aliphatic heterocycles. The number of anilines is 1. The minimum atomic E-state index is -1.46. The molecule has 11 nitrogen and oxygen atoms in total. The van der Waals surface area contributed by atoms with Gasteiger partial charge in [-0.2, -0.15) is 0 Å². The molecule has 0 saturated carbocycles. The van der Waals surface area contributed by atoms with Gasteiger partial charge in [0, 0.05) is 11.1 Å². The van der Waals surface area contributed by atoms with Crippen LogP contribution in [0.15, 0.2) is 84.9 Å². The highest BCUT2D eigenvalue weighted by Crippen LogP contribution is 2.51. The van der Waals surface area contributed by atoms with E-state index in [0.29, 0.717) is 31.6 Å². The van der Waals surface area contributed by atoms with Crippen LogP contribution in [0.2, 0.25) is 0 Å². The van der Waals surface area contributed by atoms with E-state index in [1.165, 1.54) is 18.7 Å². The summed E-state index contributed by atoms with van der Waals surface area (Å²) in [5.41, 5.74) is 0.245. The van der Waals surface area contributed by atoms with Gasteiger partial charge in [0.1, 0.15) is 29.8 Å². The number of hydrogen-bond donors (Lipinski definition) is 3. The van der Waals surface area contributed by atoms with Crippen molar-refractivity contribution in [2.24, 2.45) is 0 Å². The van der Waals surface area contributed by atoms with Gasteiger partial charge in [0.25, 0.3) is 5.91 Å². The first-order valence-corrected chi connectivity index (χ1v) is 17.1. The van der Waals surface area contributed by atoms with E-state index in [1.54, 1.807) is 20.8 Å². The highest BCUT2D eigenvalue weighted by atomic mass is 16.6. The number of ether oxygens (including phenoxy) is 3. The third-order valence-electron chi connectivity index (χ3n) is 9.04. The summed E-state index contributed by atoms with van der Waals surface area (Å²) in [6, 6.07) is 24.2. The molecule has 50 heavy (non-hydrogen) atoms. The maximum Gasteiger partial charge on any atom is 0.408 e. The van der Waals surface area contributed by atoms with Crippen molar-refractivity contribution < 1.29 is 33.4 Å². The van der Waals surface area contributed by atoms with Crippen molar-refractivity contribution in [3.05, 3.63) is 102 Å². The van der Waals surface area contributed by atoms with Gasteiger partial charge in [-0.05, 0) is 83.3 Å². The second-order valence-corrected chi connectivity index (χ2v) is 14.4. The lowest BCUT2D eigenvalue weighted by Gasteiger charge is -2.40. The van der Waals surface area contributed by atoms with E-state index in [2.05, 4.69) is 16.0 Å². The lowest BCUT2D eigenvalue weighted by molar-refractivity contribution is -0.150. The summed E-state index contributed by atoms with van der Waals surface area (Å²) in [5, 5.41) is 8.84. The number of carbonyl (C=O) groups excluding carboxylic acids is 4. The van der Waals surface area contributed by atoms with Crippen LogP contribution in [0.5, 0.6) is 0 Å². The van der Waals surface area contributed by atoms with Crippen molar-refractivity contribution in [2.45, 2.75) is 89.3 Å². The largest absolute Gasteiger partial charge is 0.459 e. The van der Waals surface area contributed by atoms with Gasteiger partial charge in [0.05, 0.1) is 13.2 Å².